The van der Waals surface area contributed by atoms with E-state index in [0.717, 1.165) is 18.7 Å². The number of hydrogen-bond acceptors (Lipinski definition) is 2. The molecule has 2 rings (SSSR count). The van der Waals surface area contributed by atoms with Gasteiger partial charge in [-0.3, -0.25) is 4.79 Å². The lowest BCUT2D eigenvalue weighted by molar-refractivity contribution is -0.116. The van der Waals surface area contributed by atoms with Crippen LogP contribution in [-0.4, -0.2) is 10.9 Å². The summed E-state index contributed by atoms with van der Waals surface area (Å²) in [4.78, 5) is 15.4. The molecule has 2 heterocycles. The topological polar surface area (TPSA) is 42.0 Å². The molecule has 0 saturated heterocycles. The molecule has 1 amide bonds. The molecule has 3 heteroatoms. The normalized spacial score (nSPS) is 13.3. The quantitative estimate of drug-likeness (QED) is 0.731. The Kier molecular flexibility index (Phi) is 6.38. The van der Waals surface area contributed by atoms with Gasteiger partial charge < -0.3 is 5.32 Å². The van der Waals surface area contributed by atoms with Crippen molar-refractivity contribution >= 4 is 11.7 Å². The number of carbonyl (C=O) groups excluding carboxylic acids is 1. The maximum atomic E-state index is 11.2. The summed E-state index contributed by atoms with van der Waals surface area (Å²) in [5, 5.41) is 2.81. The van der Waals surface area contributed by atoms with Crippen molar-refractivity contribution in [1.29, 1.82) is 0 Å². The second-order valence-electron chi connectivity index (χ2n) is 3.36. The van der Waals surface area contributed by atoms with E-state index < -0.39 is 0 Å². The number of aryl methyl sites for hydroxylation is 1. The second kappa shape index (κ2) is 6.99. The number of amides is 1. The average Bonchev–Trinajstić information content (AvgIpc) is 2.43. The standard InChI is InChI=1S/C10H12N2O.C2H6.CH4/c1-7-5-6-11-10-8(7)3-2-4-9(13)12-10;1-2;/h5-6H,2-4H2,1H3,(H,11,12,13);1-2H3;1H4. The first-order valence-corrected chi connectivity index (χ1v) is 5.52. The first-order chi connectivity index (χ1) is 7.27. The molecular formula is C13H22N2O. The summed E-state index contributed by atoms with van der Waals surface area (Å²) < 4.78 is 0. The van der Waals surface area contributed by atoms with Crippen molar-refractivity contribution in [2.45, 2.75) is 47.5 Å². The van der Waals surface area contributed by atoms with E-state index in [1.165, 1.54) is 11.1 Å². The van der Waals surface area contributed by atoms with Crippen molar-refractivity contribution in [3.63, 3.8) is 0 Å². The van der Waals surface area contributed by atoms with Gasteiger partial charge in [-0.1, -0.05) is 21.3 Å². The molecule has 1 N–H and O–H groups in total. The minimum atomic E-state index is 0. The van der Waals surface area contributed by atoms with Crippen LogP contribution in [0.4, 0.5) is 5.82 Å². The highest BCUT2D eigenvalue weighted by atomic mass is 16.1. The number of nitrogens with one attached hydrogen (secondary N) is 1. The van der Waals surface area contributed by atoms with Gasteiger partial charge in [-0.05, 0) is 37.0 Å². The zero-order valence-electron chi connectivity index (χ0n) is 9.63. The van der Waals surface area contributed by atoms with Crippen LogP contribution < -0.4 is 5.32 Å². The fraction of sp³-hybridized carbons (Fsp3) is 0.538. The SMILES string of the molecule is C.CC.Cc1ccnc2c1CCCC(=O)N2. The summed E-state index contributed by atoms with van der Waals surface area (Å²) in [5.41, 5.74) is 2.40. The van der Waals surface area contributed by atoms with Crippen LogP contribution >= 0.6 is 0 Å². The van der Waals surface area contributed by atoms with E-state index in [2.05, 4.69) is 17.2 Å². The van der Waals surface area contributed by atoms with Gasteiger partial charge in [0.15, 0.2) is 0 Å². The number of fused-ring (bicyclic) bond motifs is 1. The van der Waals surface area contributed by atoms with Gasteiger partial charge in [0, 0.05) is 12.6 Å². The number of pyridine rings is 1. The van der Waals surface area contributed by atoms with Crippen molar-refractivity contribution < 1.29 is 4.79 Å². The maximum Gasteiger partial charge on any atom is 0.225 e. The van der Waals surface area contributed by atoms with Crippen LogP contribution in [0.3, 0.4) is 0 Å². The van der Waals surface area contributed by atoms with Crippen LogP contribution in [-0.2, 0) is 11.2 Å². The monoisotopic (exact) mass is 222 g/mol. The summed E-state index contributed by atoms with van der Waals surface area (Å²) in [5.74, 6) is 0.833. The first kappa shape index (κ1) is 14.6. The van der Waals surface area contributed by atoms with E-state index in [1.54, 1.807) is 6.20 Å². The number of rotatable bonds is 0. The van der Waals surface area contributed by atoms with Crippen molar-refractivity contribution in [2.75, 3.05) is 5.32 Å². The van der Waals surface area contributed by atoms with Crippen molar-refractivity contribution in [3.8, 4) is 0 Å². The minimum absolute atomic E-state index is 0. The lowest BCUT2D eigenvalue weighted by Gasteiger charge is -2.06. The molecule has 0 aliphatic carbocycles. The summed E-state index contributed by atoms with van der Waals surface area (Å²) in [6.45, 7) is 6.05. The van der Waals surface area contributed by atoms with E-state index in [9.17, 15) is 4.79 Å². The molecule has 0 saturated carbocycles. The van der Waals surface area contributed by atoms with E-state index in [4.69, 9.17) is 0 Å². The molecule has 1 aromatic heterocycles. The molecule has 0 bridgehead atoms. The molecule has 0 radical (unpaired) electrons. The Morgan fingerprint density at radius 2 is 2.00 bits per heavy atom. The summed E-state index contributed by atoms with van der Waals surface area (Å²) >= 11 is 0. The Hall–Kier alpha value is -1.38. The molecule has 0 fully saturated rings. The van der Waals surface area contributed by atoms with Gasteiger partial charge in [0.05, 0.1) is 0 Å². The van der Waals surface area contributed by atoms with E-state index in [-0.39, 0.29) is 13.3 Å². The van der Waals surface area contributed by atoms with E-state index >= 15 is 0 Å². The largest absolute Gasteiger partial charge is 0.310 e. The minimum Gasteiger partial charge on any atom is -0.310 e. The van der Waals surface area contributed by atoms with E-state index in [1.807, 2.05) is 19.9 Å². The predicted molar refractivity (Wildman–Crippen MR) is 68.6 cm³/mol. The van der Waals surface area contributed by atoms with Crippen molar-refractivity contribution in [1.82, 2.24) is 4.98 Å². The summed E-state index contributed by atoms with van der Waals surface area (Å²) in [6.07, 6.45) is 4.22. The Labute approximate surface area is 98.3 Å². The highest BCUT2D eigenvalue weighted by Gasteiger charge is 2.14. The van der Waals surface area contributed by atoms with Gasteiger partial charge in [0.1, 0.15) is 5.82 Å². The third kappa shape index (κ3) is 3.33. The second-order valence-corrected chi connectivity index (χ2v) is 3.36. The van der Waals surface area contributed by atoms with E-state index in [0.29, 0.717) is 6.42 Å². The van der Waals surface area contributed by atoms with Crippen LogP contribution in [0.2, 0.25) is 0 Å². The third-order valence-corrected chi connectivity index (χ3v) is 2.38. The number of nitrogens with zero attached hydrogens (tertiary/aromatic N) is 1. The van der Waals surface area contributed by atoms with Crippen molar-refractivity contribution in [3.05, 3.63) is 23.4 Å². The Balaban J connectivity index is 0.000000711. The molecule has 90 valence electrons. The molecule has 3 nitrogen and oxygen atoms in total. The molecule has 16 heavy (non-hydrogen) atoms. The zero-order valence-corrected chi connectivity index (χ0v) is 9.63. The molecule has 0 aromatic carbocycles. The van der Waals surface area contributed by atoms with Gasteiger partial charge in [-0.25, -0.2) is 4.98 Å². The Morgan fingerprint density at radius 1 is 1.31 bits per heavy atom. The Bertz CT molecular complexity index is 348. The van der Waals surface area contributed by atoms with Gasteiger partial charge >= 0.3 is 0 Å². The fourth-order valence-electron chi connectivity index (χ4n) is 1.63. The average molecular weight is 222 g/mol. The fourth-order valence-corrected chi connectivity index (χ4v) is 1.63. The number of hydrogen-bond donors (Lipinski definition) is 1. The van der Waals surface area contributed by atoms with Crippen LogP contribution in [0.5, 0.6) is 0 Å². The smallest absolute Gasteiger partial charge is 0.225 e. The van der Waals surface area contributed by atoms with Crippen LogP contribution in [0.15, 0.2) is 12.3 Å². The lowest BCUT2D eigenvalue weighted by Crippen LogP contribution is -2.10. The molecule has 0 spiro atoms. The number of aromatic nitrogens is 1. The van der Waals surface area contributed by atoms with Crippen LogP contribution in [0.1, 0.15) is 45.2 Å². The summed E-state index contributed by atoms with van der Waals surface area (Å²) in [6, 6.07) is 1.98. The highest BCUT2D eigenvalue weighted by molar-refractivity contribution is 5.91. The van der Waals surface area contributed by atoms with Gasteiger partial charge in [-0.15, -0.1) is 0 Å². The molecule has 0 unspecified atom stereocenters. The van der Waals surface area contributed by atoms with Crippen LogP contribution in [0, 0.1) is 6.92 Å². The maximum absolute atomic E-state index is 11.2. The third-order valence-electron chi connectivity index (χ3n) is 2.38. The van der Waals surface area contributed by atoms with Crippen LogP contribution in [0.25, 0.3) is 0 Å². The molecule has 1 aliphatic heterocycles. The Morgan fingerprint density at radius 3 is 2.69 bits per heavy atom. The zero-order chi connectivity index (χ0) is 11.3. The molecule has 0 atom stereocenters. The summed E-state index contributed by atoms with van der Waals surface area (Å²) in [7, 11) is 0. The van der Waals surface area contributed by atoms with Gasteiger partial charge in [-0.2, -0.15) is 0 Å². The van der Waals surface area contributed by atoms with Gasteiger partial charge in [0.2, 0.25) is 5.91 Å². The van der Waals surface area contributed by atoms with Gasteiger partial charge in [0.25, 0.3) is 0 Å². The van der Waals surface area contributed by atoms with Crippen molar-refractivity contribution in [2.24, 2.45) is 0 Å². The molecule has 1 aliphatic rings. The number of anilines is 1. The lowest BCUT2D eigenvalue weighted by atomic mass is 10.1. The predicted octanol–water partition coefficient (Wildman–Crippen LogP) is 3.33. The molecule has 1 aromatic rings. The highest BCUT2D eigenvalue weighted by Crippen LogP contribution is 2.22. The first-order valence-electron chi connectivity index (χ1n) is 5.52. The number of carbonyl (C=O) groups is 1. The molecular weight excluding hydrogens is 200 g/mol.